The molecule has 1 rings (SSSR count). The molecule has 0 bridgehead atoms. The maximum absolute atomic E-state index is 11.9. The van der Waals surface area contributed by atoms with Crippen molar-refractivity contribution in [2.75, 3.05) is 19.8 Å². The molecule has 1 aromatic rings. The predicted octanol–water partition coefficient (Wildman–Crippen LogP) is 3.76. The average Bonchev–Trinajstić information content (AvgIpc) is 2.36. The van der Waals surface area contributed by atoms with Gasteiger partial charge in [-0.25, -0.2) is 0 Å². The van der Waals surface area contributed by atoms with Crippen LogP contribution in [0.5, 0.6) is 0 Å². The van der Waals surface area contributed by atoms with Gasteiger partial charge in [0.25, 0.3) is 5.91 Å². The normalized spacial score (nSPS) is 10.4. The number of benzene rings is 1. The Morgan fingerprint density at radius 1 is 1.33 bits per heavy atom. The number of carbonyl (C=O) groups excluding carboxylic acids is 1. The number of hydrogen-bond acceptors (Lipinski definition) is 2. The maximum atomic E-state index is 11.9. The van der Waals surface area contributed by atoms with E-state index in [-0.39, 0.29) is 5.91 Å². The molecule has 0 atom stereocenters. The Labute approximate surface area is 125 Å². The first-order chi connectivity index (χ1) is 8.65. The molecular weight excluding hydrogens is 362 g/mol. The number of nitrogens with one attached hydrogen (secondary N) is 1. The third-order valence-corrected chi connectivity index (χ3v) is 3.53. The quantitative estimate of drug-likeness (QED) is 0.733. The Morgan fingerprint density at radius 2 is 2.11 bits per heavy atom. The Balaban J connectivity index is 2.34. The SMILES string of the molecule is CCCCOCCNC(=O)c1cc(Br)ccc1Br. The van der Waals surface area contributed by atoms with Gasteiger partial charge in [-0.3, -0.25) is 4.79 Å². The number of amides is 1. The summed E-state index contributed by atoms with van der Waals surface area (Å²) in [6.07, 6.45) is 2.18. The van der Waals surface area contributed by atoms with Crippen LogP contribution in [0.15, 0.2) is 27.1 Å². The van der Waals surface area contributed by atoms with Gasteiger partial charge >= 0.3 is 0 Å². The Morgan fingerprint density at radius 3 is 2.83 bits per heavy atom. The highest BCUT2D eigenvalue weighted by molar-refractivity contribution is 9.11. The lowest BCUT2D eigenvalue weighted by Gasteiger charge is -2.08. The molecule has 0 radical (unpaired) electrons. The highest BCUT2D eigenvalue weighted by Crippen LogP contribution is 2.21. The van der Waals surface area contributed by atoms with Crippen LogP contribution in [0.4, 0.5) is 0 Å². The molecule has 18 heavy (non-hydrogen) atoms. The van der Waals surface area contributed by atoms with Crippen LogP contribution in [-0.4, -0.2) is 25.7 Å². The molecule has 0 saturated heterocycles. The molecule has 100 valence electrons. The van der Waals surface area contributed by atoms with Crippen LogP contribution in [-0.2, 0) is 4.74 Å². The van der Waals surface area contributed by atoms with E-state index in [9.17, 15) is 4.79 Å². The zero-order valence-corrected chi connectivity index (χ0v) is 13.5. The lowest BCUT2D eigenvalue weighted by Crippen LogP contribution is -2.27. The van der Waals surface area contributed by atoms with E-state index in [4.69, 9.17) is 4.74 Å². The Hall–Kier alpha value is -0.390. The average molecular weight is 379 g/mol. The Bertz CT molecular complexity index is 397. The summed E-state index contributed by atoms with van der Waals surface area (Å²) in [6.45, 7) is 3.96. The monoisotopic (exact) mass is 377 g/mol. The molecule has 0 saturated carbocycles. The number of unbranched alkanes of at least 4 members (excludes halogenated alkanes) is 1. The van der Waals surface area contributed by atoms with Crippen molar-refractivity contribution in [2.45, 2.75) is 19.8 Å². The molecule has 1 amide bonds. The number of hydrogen-bond donors (Lipinski definition) is 1. The second-order valence-electron chi connectivity index (χ2n) is 3.85. The molecule has 0 spiro atoms. The van der Waals surface area contributed by atoms with Crippen molar-refractivity contribution in [3.63, 3.8) is 0 Å². The summed E-state index contributed by atoms with van der Waals surface area (Å²) in [5.41, 5.74) is 0.623. The summed E-state index contributed by atoms with van der Waals surface area (Å²) >= 11 is 6.71. The van der Waals surface area contributed by atoms with Gasteiger partial charge in [0.15, 0.2) is 0 Å². The number of halogens is 2. The third-order valence-electron chi connectivity index (χ3n) is 2.35. The first-order valence-corrected chi connectivity index (χ1v) is 7.54. The molecule has 0 fully saturated rings. The van der Waals surface area contributed by atoms with E-state index in [0.717, 1.165) is 28.4 Å². The minimum absolute atomic E-state index is 0.0951. The molecule has 1 aromatic carbocycles. The topological polar surface area (TPSA) is 38.3 Å². The van der Waals surface area contributed by atoms with E-state index < -0.39 is 0 Å². The summed E-state index contributed by atoms with van der Waals surface area (Å²) in [5, 5.41) is 2.83. The zero-order chi connectivity index (χ0) is 13.4. The zero-order valence-electron chi connectivity index (χ0n) is 10.3. The summed E-state index contributed by atoms with van der Waals surface area (Å²) < 4.78 is 7.05. The standard InChI is InChI=1S/C13H17Br2NO2/c1-2-3-7-18-8-6-16-13(17)11-9-10(14)4-5-12(11)15/h4-5,9H,2-3,6-8H2,1H3,(H,16,17). The fourth-order valence-corrected chi connectivity index (χ4v) is 2.14. The fraction of sp³-hybridized carbons (Fsp3) is 0.462. The lowest BCUT2D eigenvalue weighted by molar-refractivity contribution is 0.0912. The van der Waals surface area contributed by atoms with Gasteiger partial charge in [0.05, 0.1) is 12.2 Å². The second kappa shape index (κ2) is 8.67. The molecule has 0 aromatic heterocycles. The first kappa shape index (κ1) is 15.7. The summed E-state index contributed by atoms with van der Waals surface area (Å²) in [6, 6.07) is 5.52. The van der Waals surface area contributed by atoms with Crippen LogP contribution in [0.3, 0.4) is 0 Å². The van der Waals surface area contributed by atoms with Crippen LogP contribution in [0, 0.1) is 0 Å². The lowest BCUT2D eigenvalue weighted by atomic mass is 10.2. The van der Waals surface area contributed by atoms with E-state index in [0.29, 0.717) is 18.7 Å². The Kier molecular flexibility index (Phi) is 7.54. The van der Waals surface area contributed by atoms with E-state index in [1.807, 2.05) is 12.1 Å². The van der Waals surface area contributed by atoms with Crippen molar-refractivity contribution in [1.29, 1.82) is 0 Å². The molecule has 1 N–H and O–H groups in total. The molecule has 0 heterocycles. The smallest absolute Gasteiger partial charge is 0.252 e. The van der Waals surface area contributed by atoms with Gasteiger partial charge in [-0.2, -0.15) is 0 Å². The van der Waals surface area contributed by atoms with Crippen molar-refractivity contribution in [1.82, 2.24) is 5.32 Å². The van der Waals surface area contributed by atoms with Crippen molar-refractivity contribution >= 4 is 37.8 Å². The number of ether oxygens (including phenoxy) is 1. The maximum Gasteiger partial charge on any atom is 0.252 e. The highest BCUT2D eigenvalue weighted by Gasteiger charge is 2.09. The minimum Gasteiger partial charge on any atom is -0.380 e. The molecule has 0 aliphatic heterocycles. The van der Waals surface area contributed by atoms with Gasteiger partial charge in [-0.1, -0.05) is 29.3 Å². The molecule has 5 heteroatoms. The molecule has 0 unspecified atom stereocenters. The van der Waals surface area contributed by atoms with Crippen molar-refractivity contribution < 1.29 is 9.53 Å². The van der Waals surface area contributed by atoms with Crippen molar-refractivity contribution in [3.8, 4) is 0 Å². The van der Waals surface area contributed by atoms with Gasteiger partial charge in [0, 0.05) is 22.1 Å². The first-order valence-electron chi connectivity index (χ1n) is 5.96. The van der Waals surface area contributed by atoms with E-state index in [1.54, 1.807) is 6.07 Å². The van der Waals surface area contributed by atoms with Crippen molar-refractivity contribution in [3.05, 3.63) is 32.7 Å². The van der Waals surface area contributed by atoms with E-state index in [2.05, 4.69) is 44.1 Å². The van der Waals surface area contributed by atoms with Crippen LogP contribution in [0.1, 0.15) is 30.1 Å². The number of carbonyl (C=O) groups is 1. The summed E-state index contributed by atoms with van der Waals surface area (Å²) in [4.78, 5) is 11.9. The summed E-state index contributed by atoms with van der Waals surface area (Å²) in [5.74, 6) is -0.0951. The van der Waals surface area contributed by atoms with Crippen LogP contribution in [0.2, 0.25) is 0 Å². The second-order valence-corrected chi connectivity index (χ2v) is 5.62. The third kappa shape index (κ3) is 5.50. The van der Waals surface area contributed by atoms with Gasteiger partial charge in [0.1, 0.15) is 0 Å². The largest absolute Gasteiger partial charge is 0.380 e. The summed E-state index contributed by atoms with van der Waals surface area (Å²) in [7, 11) is 0. The molecule has 0 aliphatic carbocycles. The van der Waals surface area contributed by atoms with Gasteiger partial charge in [-0.15, -0.1) is 0 Å². The van der Waals surface area contributed by atoms with Crippen LogP contribution < -0.4 is 5.32 Å². The minimum atomic E-state index is -0.0951. The molecule has 0 aliphatic rings. The van der Waals surface area contributed by atoms with Crippen LogP contribution >= 0.6 is 31.9 Å². The van der Waals surface area contributed by atoms with E-state index in [1.165, 1.54) is 0 Å². The molecule has 3 nitrogen and oxygen atoms in total. The van der Waals surface area contributed by atoms with Crippen molar-refractivity contribution in [2.24, 2.45) is 0 Å². The van der Waals surface area contributed by atoms with Gasteiger partial charge in [0.2, 0.25) is 0 Å². The van der Waals surface area contributed by atoms with Gasteiger partial charge < -0.3 is 10.1 Å². The van der Waals surface area contributed by atoms with E-state index >= 15 is 0 Å². The molecular formula is C13H17Br2NO2. The highest BCUT2D eigenvalue weighted by atomic mass is 79.9. The fourth-order valence-electron chi connectivity index (χ4n) is 1.35. The van der Waals surface area contributed by atoms with Gasteiger partial charge in [-0.05, 0) is 40.5 Å². The predicted molar refractivity (Wildman–Crippen MR) is 79.9 cm³/mol. The number of rotatable bonds is 7. The van der Waals surface area contributed by atoms with Crippen LogP contribution in [0.25, 0.3) is 0 Å².